The summed E-state index contributed by atoms with van der Waals surface area (Å²) in [6.45, 7) is 10.1. The highest BCUT2D eigenvalue weighted by atomic mass is 16.5. The first-order valence-electron chi connectivity index (χ1n) is 7.15. The molecule has 1 fully saturated rings. The number of hydrogen-bond donors (Lipinski definition) is 1. The van der Waals surface area contributed by atoms with Gasteiger partial charge in [0.1, 0.15) is 0 Å². The Kier molecular flexibility index (Phi) is 7.09. The quantitative estimate of drug-likeness (QED) is 0.664. The molecule has 0 radical (unpaired) electrons. The smallest absolute Gasteiger partial charge is 0.0718 e. The minimum Gasteiger partial charge on any atom is -0.391 e. The van der Waals surface area contributed by atoms with Crippen LogP contribution < -0.4 is 0 Å². The van der Waals surface area contributed by atoms with Crippen LogP contribution in [0, 0.1) is 5.92 Å². The van der Waals surface area contributed by atoms with E-state index in [0.717, 1.165) is 32.7 Å². The number of rotatable bonds is 8. The maximum atomic E-state index is 10.2. The van der Waals surface area contributed by atoms with Crippen molar-refractivity contribution in [3.63, 3.8) is 0 Å². The summed E-state index contributed by atoms with van der Waals surface area (Å²) in [5.41, 5.74) is 0. The van der Waals surface area contributed by atoms with Gasteiger partial charge in [0.05, 0.1) is 12.7 Å². The van der Waals surface area contributed by atoms with Crippen molar-refractivity contribution in [1.82, 2.24) is 4.90 Å². The van der Waals surface area contributed by atoms with Crippen LogP contribution in [0.5, 0.6) is 0 Å². The molecule has 0 saturated carbocycles. The molecule has 102 valence electrons. The lowest BCUT2D eigenvalue weighted by Gasteiger charge is -2.30. The molecule has 0 bridgehead atoms. The first kappa shape index (κ1) is 14.9. The minimum atomic E-state index is -0.221. The fourth-order valence-electron chi connectivity index (χ4n) is 2.37. The molecule has 0 spiro atoms. The predicted molar refractivity (Wildman–Crippen MR) is 71.2 cm³/mol. The average molecular weight is 243 g/mol. The molecule has 1 N–H and O–H groups in total. The number of ether oxygens (including phenoxy) is 1. The van der Waals surface area contributed by atoms with E-state index in [4.69, 9.17) is 4.74 Å². The molecular weight excluding hydrogens is 214 g/mol. The average Bonchev–Trinajstić information content (AvgIpc) is 2.81. The van der Waals surface area contributed by atoms with Crippen LogP contribution in [0.1, 0.15) is 46.5 Å². The van der Waals surface area contributed by atoms with Crippen molar-refractivity contribution in [2.45, 2.75) is 58.6 Å². The van der Waals surface area contributed by atoms with E-state index >= 15 is 0 Å². The van der Waals surface area contributed by atoms with E-state index in [-0.39, 0.29) is 6.10 Å². The van der Waals surface area contributed by atoms with E-state index in [1.165, 1.54) is 19.3 Å². The maximum absolute atomic E-state index is 10.2. The van der Waals surface area contributed by atoms with Crippen molar-refractivity contribution in [3.8, 4) is 0 Å². The van der Waals surface area contributed by atoms with E-state index in [2.05, 4.69) is 25.7 Å². The van der Waals surface area contributed by atoms with E-state index in [1.807, 2.05) is 0 Å². The second-order valence-electron chi connectivity index (χ2n) is 5.49. The molecule has 2 atom stereocenters. The van der Waals surface area contributed by atoms with Crippen LogP contribution in [0.25, 0.3) is 0 Å². The van der Waals surface area contributed by atoms with Gasteiger partial charge in [0, 0.05) is 25.1 Å². The van der Waals surface area contributed by atoms with Crippen molar-refractivity contribution in [1.29, 1.82) is 0 Å². The Bertz CT molecular complexity index is 191. The van der Waals surface area contributed by atoms with Crippen LogP contribution in [-0.4, -0.2) is 48.5 Å². The first-order valence-corrected chi connectivity index (χ1v) is 7.15. The molecule has 0 aromatic rings. The lowest BCUT2D eigenvalue weighted by Crippen LogP contribution is -2.41. The Hall–Kier alpha value is -0.120. The number of unbranched alkanes of at least 4 members (excludes halogenated alkanes) is 2. The van der Waals surface area contributed by atoms with E-state index in [0.29, 0.717) is 12.0 Å². The van der Waals surface area contributed by atoms with Crippen LogP contribution >= 0.6 is 0 Å². The fraction of sp³-hybridized carbons (Fsp3) is 1.00. The molecule has 17 heavy (non-hydrogen) atoms. The summed E-state index contributed by atoms with van der Waals surface area (Å²) in [5, 5.41) is 10.2. The molecule has 1 aliphatic heterocycles. The van der Waals surface area contributed by atoms with Gasteiger partial charge in [0.15, 0.2) is 0 Å². The van der Waals surface area contributed by atoms with Gasteiger partial charge in [-0.1, -0.05) is 19.8 Å². The largest absolute Gasteiger partial charge is 0.391 e. The Morgan fingerprint density at radius 1 is 1.35 bits per heavy atom. The van der Waals surface area contributed by atoms with Gasteiger partial charge in [-0.05, 0) is 33.2 Å². The van der Waals surface area contributed by atoms with Crippen molar-refractivity contribution in [2.24, 2.45) is 5.92 Å². The van der Waals surface area contributed by atoms with Gasteiger partial charge < -0.3 is 9.84 Å². The van der Waals surface area contributed by atoms with Crippen LogP contribution in [-0.2, 0) is 4.74 Å². The van der Waals surface area contributed by atoms with Gasteiger partial charge in [0.2, 0.25) is 0 Å². The zero-order chi connectivity index (χ0) is 12.7. The Balaban J connectivity index is 2.31. The lowest BCUT2D eigenvalue weighted by molar-refractivity contribution is 0.0453. The Morgan fingerprint density at radius 2 is 2.12 bits per heavy atom. The molecule has 0 aromatic heterocycles. The summed E-state index contributed by atoms with van der Waals surface area (Å²) in [6.07, 6.45) is 4.57. The van der Waals surface area contributed by atoms with Crippen LogP contribution in [0.2, 0.25) is 0 Å². The summed E-state index contributed by atoms with van der Waals surface area (Å²) in [5.74, 6) is 0.349. The summed E-state index contributed by atoms with van der Waals surface area (Å²) in [6, 6.07) is 0.517. The minimum absolute atomic E-state index is 0.221. The molecule has 1 heterocycles. The third-order valence-electron chi connectivity index (χ3n) is 3.71. The molecular formula is C14H29NO2. The third-order valence-corrected chi connectivity index (χ3v) is 3.71. The highest BCUT2D eigenvalue weighted by Crippen LogP contribution is 2.18. The Labute approximate surface area is 106 Å². The van der Waals surface area contributed by atoms with Crippen molar-refractivity contribution >= 4 is 0 Å². The molecule has 3 nitrogen and oxygen atoms in total. The zero-order valence-corrected chi connectivity index (χ0v) is 11.7. The number of aliphatic hydroxyl groups is 1. The van der Waals surface area contributed by atoms with E-state index in [1.54, 1.807) is 0 Å². The Morgan fingerprint density at radius 3 is 2.65 bits per heavy atom. The topological polar surface area (TPSA) is 32.7 Å². The number of nitrogens with zero attached hydrogens (tertiary/aromatic N) is 1. The molecule has 1 aliphatic rings. The van der Waals surface area contributed by atoms with Crippen LogP contribution in [0.3, 0.4) is 0 Å². The molecule has 2 unspecified atom stereocenters. The zero-order valence-electron chi connectivity index (χ0n) is 11.7. The normalized spacial score (nSPS) is 22.6. The van der Waals surface area contributed by atoms with Crippen molar-refractivity contribution in [3.05, 3.63) is 0 Å². The van der Waals surface area contributed by atoms with E-state index in [9.17, 15) is 5.11 Å². The third kappa shape index (κ3) is 5.36. The molecule has 1 rings (SSSR count). The number of hydrogen-bond acceptors (Lipinski definition) is 3. The molecule has 1 saturated heterocycles. The standard InChI is InChI=1S/C14H29NO2/c1-4-5-6-8-15(12(2)3)10-14(16)13-7-9-17-11-13/h12-14,16H,4-11H2,1-3H3. The van der Waals surface area contributed by atoms with Gasteiger partial charge in [-0.25, -0.2) is 0 Å². The van der Waals surface area contributed by atoms with Crippen LogP contribution in [0.4, 0.5) is 0 Å². The van der Waals surface area contributed by atoms with Gasteiger partial charge in [-0.3, -0.25) is 4.90 Å². The summed E-state index contributed by atoms with van der Waals surface area (Å²) in [7, 11) is 0. The maximum Gasteiger partial charge on any atom is 0.0718 e. The summed E-state index contributed by atoms with van der Waals surface area (Å²) >= 11 is 0. The SMILES string of the molecule is CCCCCN(CC(O)C1CCOC1)C(C)C. The van der Waals surface area contributed by atoms with Crippen molar-refractivity contribution in [2.75, 3.05) is 26.3 Å². The second kappa shape index (κ2) is 8.06. The lowest BCUT2D eigenvalue weighted by atomic mass is 10.0. The summed E-state index contributed by atoms with van der Waals surface area (Å²) < 4.78 is 5.34. The second-order valence-corrected chi connectivity index (χ2v) is 5.49. The molecule has 0 amide bonds. The highest BCUT2D eigenvalue weighted by molar-refractivity contribution is 4.77. The van der Waals surface area contributed by atoms with Gasteiger partial charge in [0.25, 0.3) is 0 Å². The summed E-state index contributed by atoms with van der Waals surface area (Å²) in [4.78, 5) is 2.40. The van der Waals surface area contributed by atoms with Gasteiger partial charge in [-0.15, -0.1) is 0 Å². The van der Waals surface area contributed by atoms with Crippen LogP contribution in [0.15, 0.2) is 0 Å². The van der Waals surface area contributed by atoms with Gasteiger partial charge in [-0.2, -0.15) is 0 Å². The van der Waals surface area contributed by atoms with E-state index < -0.39 is 0 Å². The molecule has 3 heteroatoms. The molecule has 0 aromatic carbocycles. The predicted octanol–water partition coefficient (Wildman–Crippen LogP) is 2.28. The molecule has 0 aliphatic carbocycles. The van der Waals surface area contributed by atoms with Gasteiger partial charge >= 0.3 is 0 Å². The monoisotopic (exact) mass is 243 g/mol. The fourth-order valence-corrected chi connectivity index (χ4v) is 2.37. The highest BCUT2D eigenvalue weighted by Gasteiger charge is 2.26. The first-order chi connectivity index (χ1) is 8.15. The number of aliphatic hydroxyl groups excluding tert-OH is 1. The van der Waals surface area contributed by atoms with Crippen molar-refractivity contribution < 1.29 is 9.84 Å².